The van der Waals surface area contributed by atoms with Gasteiger partial charge in [0.05, 0.1) is 12.6 Å². The lowest BCUT2D eigenvalue weighted by atomic mass is 10.2. The molecule has 0 fully saturated rings. The normalized spacial score (nSPS) is 14.0. The molecule has 0 aliphatic heterocycles. The van der Waals surface area contributed by atoms with E-state index in [9.17, 15) is 9.59 Å². The van der Waals surface area contributed by atoms with Crippen LogP contribution in [0.15, 0.2) is 0 Å². The Kier molecular flexibility index (Phi) is 9.21. The van der Waals surface area contributed by atoms with Crippen molar-refractivity contribution in [2.24, 2.45) is 5.92 Å². The zero-order valence-corrected chi connectivity index (χ0v) is 12.9. The predicted molar refractivity (Wildman–Crippen MR) is 77.8 cm³/mol. The van der Waals surface area contributed by atoms with Gasteiger partial charge in [0.15, 0.2) is 0 Å². The zero-order valence-electron chi connectivity index (χ0n) is 12.9. The quantitative estimate of drug-likeness (QED) is 0.587. The fourth-order valence-electron chi connectivity index (χ4n) is 1.63. The smallest absolute Gasteiger partial charge is 0.236 e. The van der Waals surface area contributed by atoms with Crippen LogP contribution in [0.1, 0.15) is 47.5 Å². The van der Waals surface area contributed by atoms with E-state index in [4.69, 9.17) is 0 Å². The molecule has 19 heavy (non-hydrogen) atoms. The first-order chi connectivity index (χ1) is 8.86. The molecular formula is C14H29N3O2. The minimum absolute atomic E-state index is 0.0653. The Labute approximate surface area is 116 Å². The van der Waals surface area contributed by atoms with Gasteiger partial charge in [0.2, 0.25) is 11.8 Å². The van der Waals surface area contributed by atoms with Gasteiger partial charge in [-0.15, -0.1) is 0 Å². The Morgan fingerprint density at radius 2 is 1.74 bits per heavy atom. The predicted octanol–water partition coefficient (Wildman–Crippen LogP) is 1.04. The fraction of sp³-hybridized carbons (Fsp3) is 0.857. The third-order valence-corrected chi connectivity index (χ3v) is 2.78. The lowest BCUT2D eigenvalue weighted by Crippen LogP contribution is -2.47. The first kappa shape index (κ1) is 17.9. The second-order valence-electron chi connectivity index (χ2n) is 5.50. The van der Waals surface area contributed by atoms with E-state index in [0.717, 1.165) is 12.8 Å². The van der Waals surface area contributed by atoms with Gasteiger partial charge < -0.3 is 10.6 Å². The maximum atomic E-state index is 11.7. The number of hydrogen-bond acceptors (Lipinski definition) is 3. The van der Waals surface area contributed by atoms with Gasteiger partial charge in [-0.1, -0.05) is 27.2 Å². The average molecular weight is 271 g/mol. The second-order valence-corrected chi connectivity index (χ2v) is 5.50. The van der Waals surface area contributed by atoms with Crippen molar-refractivity contribution in [3.63, 3.8) is 0 Å². The average Bonchev–Trinajstić information content (AvgIpc) is 2.33. The molecule has 0 radical (unpaired) electrons. The summed E-state index contributed by atoms with van der Waals surface area (Å²) in [5, 5.41) is 8.65. The molecule has 2 amide bonds. The Hall–Kier alpha value is -1.10. The number of carbonyl (C=O) groups is 2. The molecule has 0 aromatic rings. The molecule has 0 aliphatic carbocycles. The van der Waals surface area contributed by atoms with Gasteiger partial charge in [-0.3, -0.25) is 14.9 Å². The first-order valence-corrected chi connectivity index (χ1v) is 7.17. The number of hydrogen-bond donors (Lipinski definition) is 3. The van der Waals surface area contributed by atoms with Crippen molar-refractivity contribution in [2.75, 3.05) is 13.1 Å². The lowest BCUT2D eigenvalue weighted by molar-refractivity contribution is -0.123. The van der Waals surface area contributed by atoms with Crippen molar-refractivity contribution in [1.82, 2.24) is 16.0 Å². The summed E-state index contributed by atoms with van der Waals surface area (Å²) in [4.78, 5) is 23.3. The number of rotatable bonds is 9. The van der Waals surface area contributed by atoms with Gasteiger partial charge in [-0.25, -0.2) is 0 Å². The van der Waals surface area contributed by atoms with Crippen LogP contribution in [0.4, 0.5) is 0 Å². The number of carbonyl (C=O) groups excluding carboxylic acids is 2. The molecule has 0 aromatic carbocycles. The summed E-state index contributed by atoms with van der Waals surface area (Å²) in [5.41, 5.74) is 0. The van der Waals surface area contributed by atoms with Crippen LogP contribution in [0.2, 0.25) is 0 Å². The van der Waals surface area contributed by atoms with Crippen LogP contribution in [0, 0.1) is 5.92 Å². The van der Waals surface area contributed by atoms with Crippen LogP contribution in [-0.2, 0) is 9.59 Å². The highest BCUT2D eigenvalue weighted by atomic mass is 16.2. The SMILES string of the molecule is CCCC(C)NC(=O)CNC(C)C(=O)NCC(C)C. The maximum absolute atomic E-state index is 11.7. The van der Waals surface area contributed by atoms with Crippen LogP contribution in [0.3, 0.4) is 0 Å². The Balaban J connectivity index is 3.85. The Morgan fingerprint density at radius 3 is 2.26 bits per heavy atom. The maximum Gasteiger partial charge on any atom is 0.236 e. The summed E-state index contributed by atoms with van der Waals surface area (Å²) in [5.74, 6) is 0.293. The van der Waals surface area contributed by atoms with Crippen LogP contribution >= 0.6 is 0 Å². The van der Waals surface area contributed by atoms with Crippen molar-refractivity contribution in [1.29, 1.82) is 0 Å². The number of amides is 2. The highest BCUT2D eigenvalue weighted by molar-refractivity contribution is 5.83. The van der Waals surface area contributed by atoms with E-state index < -0.39 is 0 Å². The topological polar surface area (TPSA) is 70.2 Å². The van der Waals surface area contributed by atoms with Crippen molar-refractivity contribution < 1.29 is 9.59 Å². The minimum atomic E-state index is -0.356. The third-order valence-electron chi connectivity index (χ3n) is 2.78. The summed E-state index contributed by atoms with van der Waals surface area (Å²) in [7, 11) is 0. The number of nitrogens with one attached hydrogen (secondary N) is 3. The van der Waals surface area contributed by atoms with Crippen LogP contribution in [0.5, 0.6) is 0 Å². The molecule has 0 rings (SSSR count). The lowest BCUT2D eigenvalue weighted by Gasteiger charge is -2.16. The van der Waals surface area contributed by atoms with Gasteiger partial charge in [-0.05, 0) is 26.2 Å². The molecule has 0 heterocycles. The van der Waals surface area contributed by atoms with Crippen LogP contribution in [0.25, 0.3) is 0 Å². The van der Waals surface area contributed by atoms with Crippen LogP contribution < -0.4 is 16.0 Å². The molecule has 0 spiro atoms. The summed E-state index contributed by atoms with van der Waals surface area (Å²) in [6.07, 6.45) is 2.01. The summed E-state index contributed by atoms with van der Waals surface area (Å²) >= 11 is 0. The summed E-state index contributed by atoms with van der Waals surface area (Å²) in [6, 6.07) is -0.171. The van der Waals surface area contributed by atoms with Gasteiger partial charge in [0.25, 0.3) is 0 Å². The van der Waals surface area contributed by atoms with E-state index in [0.29, 0.717) is 12.5 Å². The van der Waals surface area contributed by atoms with Crippen molar-refractivity contribution >= 4 is 11.8 Å². The largest absolute Gasteiger partial charge is 0.354 e. The molecule has 0 saturated carbocycles. The fourth-order valence-corrected chi connectivity index (χ4v) is 1.63. The molecular weight excluding hydrogens is 242 g/mol. The Bertz CT molecular complexity index is 280. The van der Waals surface area contributed by atoms with Crippen molar-refractivity contribution in [2.45, 2.75) is 59.5 Å². The van der Waals surface area contributed by atoms with Gasteiger partial charge in [0, 0.05) is 12.6 Å². The molecule has 0 aromatic heterocycles. The van der Waals surface area contributed by atoms with Gasteiger partial charge in [-0.2, -0.15) is 0 Å². The molecule has 2 atom stereocenters. The van der Waals surface area contributed by atoms with E-state index in [1.54, 1.807) is 6.92 Å². The highest BCUT2D eigenvalue weighted by Gasteiger charge is 2.14. The third kappa shape index (κ3) is 9.47. The standard InChI is InChI=1S/C14H29N3O2/c1-6-7-11(4)17-13(18)9-15-12(5)14(19)16-8-10(2)3/h10-12,15H,6-9H2,1-5H3,(H,16,19)(H,17,18). The molecule has 112 valence electrons. The molecule has 5 heteroatoms. The monoisotopic (exact) mass is 271 g/mol. The van der Waals surface area contributed by atoms with E-state index in [-0.39, 0.29) is 30.4 Å². The van der Waals surface area contributed by atoms with Gasteiger partial charge in [0.1, 0.15) is 0 Å². The summed E-state index contributed by atoms with van der Waals surface area (Å²) < 4.78 is 0. The molecule has 0 saturated heterocycles. The highest BCUT2D eigenvalue weighted by Crippen LogP contribution is 1.94. The van der Waals surface area contributed by atoms with E-state index in [2.05, 4.69) is 22.9 Å². The molecule has 2 unspecified atom stereocenters. The second kappa shape index (κ2) is 9.78. The Morgan fingerprint density at radius 1 is 1.11 bits per heavy atom. The van der Waals surface area contributed by atoms with E-state index >= 15 is 0 Å². The van der Waals surface area contributed by atoms with Gasteiger partial charge >= 0.3 is 0 Å². The van der Waals surface area contributed by atoms with Crippen LogP contribution in [-0.4, -0.2) is 37.0 Å². The molecule has 3 N–H and O–H groups in total. The molecule has 0 aliphatic rings. The molecule has 5 nitrogen and oxygen atoms in total. The van der Waals surface area contributed by atoms with Crippen molar-refractivity contribution in [3.05, 3.63) is 0 Å². The summed E-state index contributed by atoms with van der Waals surface area (Å²) in [6.45, 7) is 10.7. The first-order valence-electron chi connectivity index (χ1n) is 7.17. The van der Waals surface area contributed by atoms with Crippen molar-refractivity contribution in [3.8, 4) is 0 Å². The van der Waals surface area contributed by atoms with E-state index in [1.807, 2.05) is 20.8 Å². The minimum Gasteiger partial charge on any atom is -0.354 e. The molecule has 0 bridgehead atoms. The van der Waals surface area contributed by atoms with E-state index in [1.165, 1.54) is 0 Å². The zero-order chi connectivity index (χ0) is 14.8.